The lowest BCUT2D eigenvalue weighted by Crippen LogP contribution is -2.32. The molecule has 0 heterocycles. The van der Waals surface area contributed by atoms with Crippen LogP contribution in [0.3, 0.4) is 0 Å². The molecular weight excluding hydrogens is 386 g/mol. The SMILES string of the molecule is COC(=O)COc1ccc(C=NNC(=O)C(=O)Nc2cccc3ccccc23)cc1. The minimum absolute atomic E-state index is 0.189. The van der Waals surface area contributed by atoms with Gasteiger partial charge in [-0.3, -0.25) is 9.59 Å². The predicted octanol–water partition coefficient (Wildman–Crippen LogP) is 2.48. The summed E-state index contributed by atoms with van der Waals surface area (Å²) in [4.78, 5) is 35.2. The molecule has 0 saturated heterocycles. The molecule has 3 aromatic rings. The van der Waals surface area contributed by atoms with Gasteiger partial charge >= 0.3 is 17.8 Å². The van der Waals surface area contributed by atoms with E-state index in [9.17, 15) is 14.4 Å². The van der Waals surface area contributed by atoms with Crippen molar-refractivity contribution in [3.8, 4) is 5.75 Å². The Labute approximate surface area is 172 Å². The predicted molar refractivity (Wildman–Crippen MR) is 112 cm³/mol. The molecule has 0 aromatic heterocycles. The number of carbonyl (C=O) groups is 3. The van der Waals surface area contributed by atoms with E-state index in [1.807, 2.05) is 30.3 Å². The first-order valence-corrected chi connectivity index (χ1v) is 8.98. The largest absolute Gasteiger partial charge is 0.482 e. The lowest BCUT2D eigenvalue weighted by atomic mass is 10.1. The molecule has 0 aliphatic rings. The third-order valence-electron chi connectivity index (χ3n) is 4.09. The van der Waals surface area contributed by atoms with Crippen molar-refractivity contribution < 1.29 is 23.9 Å². The van der Waals surface area contributed by atoms with E-state index in [0.29, 0.717) is 17.0 Å². The molecule has 3 rings (SSSR count). The number of benzene rings is 3. The lowest BCUT2D eigenvalue weighted by Gasteiger charge is -2.07. The van der Waals surface area contributed by atoms with Gasteiger partial charge in [0.25, 0.3) is 0 Å². The second-order valence-corrected chi connectivity index (χ2v) is 6.11. The first-order chi connectivity index (χ1) is 14.6. The van der Waals surface area contributed by atoms with Crippen molar-refractivity contribution in [3.05, 3.63) is 72.3 Å². The third kappa shape index (κ3) is 5.41. The smallest absolute Gasteiger partial charge is 0.343 e. The zero-order chi connectivity index (χ0) is 21.3. The molecule has 8 heteroatoms. The zero-order valence-electron chi connectivity index (χ0n) is 16.1. The quantitative estimate of drug-likeness (QED) is 0.284. The van der Waals surface area contributed by atoms with Crippen molar-refractivity contribution in [2.24, 2.45) is 5.10 Å². The molecule has 0 bridgehead atoms. The summed E-state index contributed by atoms with van der Waals surface area (Å²) in [5.41, 5.74) is 3.39. The minimum atomic E-state index is -0.891. The number of hydrogen-bond acceptors (Lipinski definition) is 6. The van der Waals surface area contributed by atoms with Crippen molar-refractivity contribution in [1.29, 1.82) is 0 Å². The van der Waals surface area contributed by atoms with Crippen molar-refractivity contribution in [1.82, 2.24) is 5.43 Å². The molecule has 0 fully saturated rings. The Morgan fingerprint density at radius 3 is 2.43 bits per heavy atom. The summed E-state index contributed by atoms with van der Waals surface area (Å²) in [6, 6.07) is 19.6. The van der Waals surface area contributed by atoms with Gasteiger partial charge in [0, 0.05) is 11.1 Å². The van der Waals surface area contributed by atoms with Crippen LogP contribution in [-0.2, 0) is 19.1 Å². The van der Waals surface area contributed by atoms with Gasteiger partial charge in [0.1, 0.15) is 5.75 Å². The summed E-state index contributed by atoms with van der Waals surface area (Å²) >= 11 is 0. The van der Waals surface area contributed by atoms with Crippen LogP contribution in [-0.4, -0.2) is 37.7 Å². The Balaban J connectivity index is 1.54. The fraction of sp³-hybridized carbons (Fsp3) is 0.0909. The highest BCUT2D eigenvalue weighted by Gasteiger charge is 2.14. The number of esters is 1. The molecule has 0 atom stereocenters. The molecule has 30 heavy (non-hydrogen) atoms. The van der Waals surface area contributed by atoms with Crippen LogP contribution in [0.25, 0.3) is 10.8 Å². The summed E-state index contributed by atoms with van der Waals surface area (Å²) in [5, 5.41) is 8.16. The van der Waals surface area contributed by atoms with Crippen LogP contribution in [0, 0.1) is 0 Å². The molecule has 152 valence electrons. The van der Waals surface area contributed by atoms with Crippen LogP contribution >= 0.6 is 0 Å². The summed E-state index contributed by atoms with van der Waals surface area (Å²) in [7, 11) is 1.28. The summed E-state index contributed by atoms with van der Waals surface area (Å²) in [5.74, 6) is -1.71. The molecule has 0 aliphatic carbocycles. The maximum atomic E-state index is 12.1. The van der Waals surface area contributed by atoms with E-state index in [2.05, 4.69) is 20.6 Å². The van der Waals surface area contributed by atoms with Gasteiger partial charge in [0.2, 0.25) is 0 Å². The highest BCUT2D eigenvalue weighted by molar-refractivity contribution is 6.40. The monoisotopic (exact) mass is 405 g/mol. The van der Waals surface area contributed by atoms with Gasteiger partial charge in [-0.05, 0) is 41.3 Å². The van der Waals surface area contributed by atoms with Crippen LogP contribution < -0.4 is 15.5 Å². The molecule has 2 amide bonds. The molecule has 0 aliphatic heterocycles. The van der Waals surface area contributed by atoms with E-state index in [1.54, 1.807) is 36.4 Å². The normalized spacial score (nSPS) is 10.6. The number of fused-ring (bicyclic) bond motifs is 1. The summed E-state index contributed by atoms with van der Waals surface area (Å²) in [6.07, 6.45) is 1.38. The number of carbonyl (C=O) groups excluding carboxylic acids is 3. The second kappa shape index (κ2) is 9.83. The molecule has 0 unspecified atom stereocenters. The Morgan fingerprint density at radius 1 is 0.933 bits per heavy atom. The van der Waals surface area contributed by atoms with Crippen LogP contribution in [0.2, 0.25) is 0 Å². The van der Waals surface area contributed by atoms with Crippen LogP contribution in [0.5, 0.6) is 5.75 Å². The average Bonchev–Trinajstić information content (AvgIpc) is 2.78. The van der Waals surface area contributed by atoms with Crippen LogP contribution in [0.1, 0.15) is 5.56 Å². The van der Waals surface area contributed by atoms with E-state index < -0.39 is 17.8 Å². The van der Waals surface area contributed by atoms with Gasteiger partial charge in [0.15, 0.2) is 6.61 Å². The molecular formula is C22H19N3O5. The van der Waals surface area contributed by atoms with E-state index in [-0.39, 0.29) is 6.61 Å². The van der Waals surface area contributed by atoms with Gasteiger partial charge < -0.3 is 14.8 Å². The first-order valence-electron chi connectivity index (χ1n) is 8.98. The maximum absolute atomic E-state index is 12.1. The van der Waals surface area contributed by atoms with Crippen molar-refractivity contribution >= 4 is 40.5 Å². The van der Waals surface area contributed by atoms with Crippen LogP contribution in [0.4, 0.5) is 5.69 Å². The number of hydrazone groups is 1. The fourth-order valence-corrected chi connectivity index (χ4v) is 2.58. The van der Waals surface area contributed by atoms with Crippen LogP contribution in [0.15, 0.2) is 71.8 Å². The average molecular weight is 405 g/mol. The Hall–Kier alpha value is -4.20. The van der Waals surface area contributed by atoms with Crippen molar-refractivity contribution in [2.75, 3.05) is 19.0 Å². The van der Waals surface area contributed by atoms with E-state index >= 15 is 0 Å². The molecule has 0 spiro atoms. The van der Waals surface area contributed by atoms with Crippen molar-refractivity contribution in [3.63, 3.8) is 0 Å². The Bertz CT molecular complexity index is 1090. The number of methoxy groups -OCH3 is 1. The Morgan fingerprint density at radius 2 is 1.67 bits per heavy atom. The Kier molecular flexibility index (Phi) is 6.73. The highest BCUT2D eigenvalue weighted by atomic mass is 16.6. The number of amides is 2. The van der Waals surface area contributed by atoms with E-state index in [1.165, 1.54) is 13.3 Å². The third-order valence-corrected chi connectivity index (χ3v) is 4.09. The van der Waals surface area contributed by atoms with E-state index in [4.69, 9.17) is 4.74 Å². The maximum Gasteiger partial charge on any atom is 0.343 e. The molecule has 0 radical (unpaired) electrons. The number of hydrogen-bond donors (Lipinski definition) is 2. The van der Waals surface area contributed by atoms with Gasteiger partial charge in [-0.25, -0.2) is 10.2 Å². The van der Waals surface area contributed by atoms with Gasteiger partial charge in [-0.2, -0.15) is 5.10 Å². The molecule has 8 nitrogen and oxygen atoms in total. The number of nitrogens with one attached hydrogen (secondary N) is 2. The number of anilines is 1. The number of ether oxygens (including phenoxy) is 2. The molecule has 2 N–H and O–H groups in total. The van der Waals surface area contributed by atoms with Gasteiger partial charge in [-0.15, -0.1) is 0 Å². The standard InChI is InChI=1S/C22H19N3O5/c1-29-20(26)14-30-17-11-9-15(10-12-17)13-23-25-22(28)21(27)24-19-8-4-6-16-5-2-3-7-18(16)19/h2-13H,14H2,1H3,(H,24,27)(H,25,28). The summed E-state index contributed by atoms with van der Waals surface area (Å²) < 4.78 is 9.72. The van der Waals surface area contributed by atoms with Crippen molar-refractivity contribution in [2.45, 2.75) is 0 Å². The summed E-state index contributed by atoms with van der Waals surface area (Å²) in [6.45, 7) is -0.189. The van der Waals surface area contributed by atoms with E-state index in [0.717, 1.165) is 10.8 Å². The molecule has 3 aromatic carbocycles. The zero-order valence-corrected chi connectivity index (χ0v) is 16.1. The number of rotatable bonds is 6. The topological polar surface area (TPSA) is 106 Å². The second-order valence-electron chi connectivity index (χ2n) is 6.11. The first kappa shape index (κ1) is 20.5. The fourth-order valence-electron chi connectivity index (χ4n) is 2.58. The number of nitrogens with zero attached hydrogens (tertiary/aromatic N) is 1. The van der Waals surface area contributed by atoms with Gasteiger partial charge in [-0.1, -0.05) is 36.4 Å². The highest BCUT2D eigenvalue weighted by Crippen LogP contribution is 2.22. The van der Waals surface area contributed by atoms with Gasteiger partial charge in [0.05, 0.1) is 13.3 Å². The molecule has 0 saturated carbocycles. The lowest BCUT2D eigenvalue weighted by molar-refractivity contribution is -0.142. The minimum Gasteiger partial charge on any atom is -0.482 e.